The molecule has 1 rings (SSSR count). The molecule has 17 heavy (non-hydrogen) atoms. The van der Waals surface area contributed by atoms with Crippen molar-refractivity contribution in [1.82, 2.24) is 0 Å². The lowest BCUT2D eigenvalue weighted by atomic mass is 9.85. The number of benzene rings is 1. The molecule has 94 valence electrons. The summed E-state index contributed by atoms with van der Waals surface area (Å²) in [6.45, 7) is 3.13. The van der Waals surface area contributed by atoms with Crippen LogP contribution >= 0.6 is 15.9 Å². The average molecular weight is 321 g/mol. The van der Waals surface area contributed by atoms with Crippen LogP contribution in [0.2, 0.25) is 0 Å². The Morgan fingerprint density at radius 1 is 1.35 bits per heavy atom. The molecule has 0 aliphatic carbocycles. The Bertz CT molecular complexity index is 561. The van der Waals surface area contributed by atoms with Gasteiger partial charge in [0.05, 0.1) is 10.3 Å². The minimum Gasteiger partial charge on any atom is -0.481 e. The Kier molecular flexibility index (Phi) is 3.69. The zero-order valence-corrected chi connectivity index (χ0v) is 12.1. The van der Waals surface area contributed by atoms with Gasteiger partial charge in [-0.1, -0.05) is 6.07 Å². The van der Waals surface area contributed by atoms with Crippen molar-refractivity contribution in [3.05, 3.63) is 28.2 Å². The first-order valence-electron chi connectivity index (χ1n) is 4.80. The summed E-state index contributed by atoms with van der Waals surface area (Å²) in [6, 6.07) is 4.47. The van der Waals surface area contributed by atoms with Gasteiger partial charge >= 0.3 is 5.97 Å². The largest absolute Gasteiger partial charge is 0.481 e. The molecule has 0 radical (unpaired) electrons. The molecule has 1 aromatic carbocycles. The van der Waals surface area contributed by atoms with E-state index < -0.39 is 21.2 Å². The van der Waals surface area contributed by atoms with E-state index in [0.29, 0.717) is 10.0 Å². The Morgan fingerprint density at radius 3 is 2.24 bits per heavy atom. The molecule has 4 nitrogen and oxygen atoms in total. The van der Waals surface area contributed by atoms with Crippen LogP contribution in [0.25, 0.3) is 0 Å². The second-order valence-corrected chi connectivity index (χ2v) is 7.19. The molecule has 0 spiro atoms. The summed E-state index contributed by atoms with van der Waals surface area (Å²) < 4.78 is 23.2. The number of carboxylic acid groups (broad SMARTS) is 1. The molecule has 0 amide bonds. The van der Waals surface area contributed by atoms with Gasteiger partial charge in [-0.2, -0.15) is 0 Å². The zero-order chi connectivity index (χ0) is 13.4. The highest BCUT2D eigenvalue weighted by atomic mass is 79.9. The van der Waals surface area contributed by atoms with Crippen molar-refractivity contribution in [2.45, 2.75) is 24.2 Å². The second-order valence-electron chi connectivity index (χ2n) is 4.35. The first kappa shape index (κ1) is 14.2. The quantitative estimate of drug-likeness (QED) is 0.926. The molecule has 6 heteroatoms. The van der Waals surface area contributed by atoms with Crippen molar-refractivity contribution in [2.24, 2.45) is 0 Å². The third-order valence-corrected chi connectivity index (χ3v) is 4.66. The van der Waals surface area contributed by atoms with Gasteiger partial charge in [0.2, 0.25) is 0 Å². The fourth-order valence-electron chi connectivity index (χ4n) is 1.31. The molecule has 0 fully saturated rings. The van der Waals surface area contributed by atoms with Crippen molar-refractivity contribution in [3.8, 4) is 0 Å². The first-order valence-corrected chi connectivity index (χ1v) is 7.48. The van der Waals surface area contributed by atoms with E-state index in [4.69, 9.17) is 5.11 Å². The molecule has 0 aromatic heterocycles. The van der Waals surface area contributed by atoms with E-state index >= 15 is 0 Å². The number of carboxylic acids is 1. The van der Waals surface area contributed by atoms with Crippen LogP contribution in [0.1, 0.15) is 19.4 Å². The normalized spacial score (nSPS) is 12.5. The van der Waals surface area contributed by atoms with Crippen LogP contribution in [0, 0.1) is 0 Å². The van der Waals surface area contributed by atoms with Crippen LogP contribution in [0.5, 0.6) is 0 Å². The molecule has 0 bridgehead atoms. The van der Waals surface area contributed by atoms with Crippen molar-refractivity contribution < 1.29 is 18.3 Å². The number of halogens is 1. The predicted molar refractivity (Wildman–Crippen MR) is 67.9 cm³/mol. The van der Waals surface area contributed by atoms with Gasteiger partial charge in [-0.05, 0) is 47.5 Å². The highest BCUT2D eigenvalue weighted by Crippen LogP contribution is 2.30. The summed E-state index contributed by atoms with van der Waals surface area (Å²) in [7, 11) is -3.31. The number of rotatable bonds is 3. The lowest BCUT2D eigenvalue weighted by molar-refractivity contribution is -0.142. The first-order chi connectivity index (χ1) is 7.56. The molecule has 1 aromatic rings. The summed E-state index contributed by atoms with van der Waals surface area (Å²) in [5, 5.41) is 9.08. The van der Waals surface area contributed by atoms with Gasteiger partial charge in [0.1, 0.15) is 0 Å². The molecule has 0 saturated heterocycles. The molecule has 0 aliphatic heterocycles. The number of carbonyl (C=O) groups is 1. The molecule has 0 saturated carbocycles. The monoisotopic (exact) mass is 320 g/mol. The van der Waals surface area contributed by atoms with E-state index in [9.17, 15) is 13.2 Å². The van der Waals surface area contributed by atoms with E-state index in [0.717, 1.165) is 6.26 Å². The lowest BCUT2D eigenvalue weighted by Crippen LogP contribution is -2.28. The van der Waals surface area contributed by atoms with Crippen molar-refractivity contribution in [1.29, 1.82) is 0 Å². The van der Waals surface area contributed by atoms with Crippen molar-refractivity contribution >= 4 is 31.7 Å². The summed E-state index contributed by atoms with van der Waals surface area (Å²) in [4.78, 5) is 11.2. The van der Waals surface area contributed by atoms with Crippen LogP contribution in [0.15, 0.2) is 27.6 Å². The maximum absolute atomic E-state index is 11.4. The number of hydrogen-bond acceptors (Lipinski definition) is 3. The van der Waals surface area contributed by atoms with Crippen LogP contribution in [-0.4, -0.2) is 25.7 Å². The van der Waals surface area contributed by atoms with Gasteiger partial charge in [0.25, 0.3) is 0 Å². The molecule has 0 atom stereocenters. The van der Waals surface area contributed by atoms with Crippen LogP contribution in [0.3, 0.4) is 0 Å². The molecular formula is C11H13BrO4S. The maximum Gasteiger partial charge on any atom is 0.313 e. The molecule has 0 aliphatic rings. The van der Waals surface area contributed by atoms with E-state index in [-0.39, 0.29) is 4.90 Å². The predicted octanol–water partition coefficient (Wildman–Crippen LogP) is 2.21. The molecular weight excluding hydrogens is 308 g/mol. The van der Waals surface area contributed by atoms with Gasteiger partial charge in [-0.25, -0.2) is 8.42 Å². The fourth-order valence-corrected chi connectivity index (χ4v) is 3.30. The minimum atomic E-state index is -3.31. The van der Waals surface area contributed by atoms with Crippen LogP contribution < -0.4 is 0 Å². The highest BCUT2D eigenvalue weighted by molar-refractivity contribution is 9.10. The van der Waals surface area contributed by atoms with Crippen molar-refractivity contribution in [3.63, 3.8) is 0 Å². The van der Waals surface area contributed by atoms with Gasteiger partial charge < -0.3 is 5.11 Å². The zero-order valence-electron chi connectivity index (χ0n) is 9.69. The van der Waals surface area contributed by atoms with Gasteiger partial charge in [-0.3, -0.25) is 4.79 Å². The molecule has 1 N–H and O–H groups in total. The number of sulfone groups is 1. The Morgan fingerprint density at radius 2 is 1.88 bits per heavy atom. The van der Waals surface area contributed by atoms with E-state index in [1.165, 1.54) is 18.2 Å². The summed E-state index contributed by atoms with van der Waals surface area (Å²) >= 11 is 3.15. The highest BCUT2D eigenvalue weighted by Gasteiger charge is 2.30. The van der Waals surface area contributed by atoms with E-state index in [2.05, 4.69) is 15.9 Å². The van der Waals surface area contributed by atoms with Crippen LogP contribution in [-0.2, 0) is 20.0 Å². The van der Waals surface area contributed by atoms with Gasteiger partial charge in [0, 0.05) is 10.7 Å². The number of hydrogen-bond donors (Lipinski definition) is 1. The Hall–Kier alpha value is -0.880. The van der Waals surface area contributed by atoms with Crippen molar-refractivity contribution in [2.75, 3.05) is 6.26 Å². The van der Waals surface area contributed by atoms with Gasteiger partial charge in [0.15, 0.2) is 9.84 Å². The van der Waals surface area contributed by atoms with E-state index in [1.807, 2.05) is 0 Å². The summed E-state index contributed by atoms with van der Waals surface area (Å²) in [5.41, 5.74) is -0.511. The molecule has 0 heterocycles. The fraction of sp³-hybridized carbons (Fsp3) is 0.364. The maximum atomic E-state index is 11.4. The third-order valence-electron chi connectivity index (χ3n) is 2.59. The average Bonchev–Trinajstić information content (AvgIpc) is 2.15. The Labute approximate surface area is 109 Å². The second kappa shape index (κ2) is 4.42. The molecule has 0 unspecified atom stereocenters. The van der Waals surface area contributed by atoms with Crippen LogP contribution in [0.4, 0.5) is 0 Å². The topological polar surface area (TPSA) is 71.4 Å². The Balaban J connectivity index is 3.37. The van der Waals surface area contributed by atoms with Gasteiger partial charge in [-0.15, -0.1) is 0 Å². The SMILES string of the molecule is CC(C)(C(=O)O)c1ccc(S(C)(=O)=O)c(Br)c1. The summed E-state index contributed by atoms with van der Waals surface area (Å²) in [6.07, 6.45) is 1.11. The minimum absolute atomic E-state index is 0.155. The smallest absolute Gasteiger partial charge is 0.313 e. The number of aliphatic carboxylic acids is 1. The third kappa shape index (κ3) is 2.87. The lowest BCUT2D eigenvalue weighted by Gasteiger charge is -2.20. The standard InChI is InChI=1S/C11H13BrO4S/c1-11(2,10(13)14)7-4-5-9(8(12)6-7)17(3,15)16/h4-6H,1-3H3,(H,13,14). The van der Waals surface area contributed by atoms with E-state index in [1.54, 1.807) is 13.8 Å². The summed E-state index contributed by atoms with van der Waals surface area (Å²) in [5.74, 6) is -0.962.